The number of amides is 1. The molecule has 1 amide bonds. The Labute approximate surface area is 126 Å². The van der Waals surface area contributed by atoms with Crippen LogP contribution in [0.15, 0.2) is 16.5 Å². The fourth-order valence-corrected chi connectivity index (χ4v) is 2.58. The number of carbonyl (C=O) groups is 1. The van der Waals surface area contributed by atoms with E-state index in [0.29, 0.717) is 25.7 Å². The van der Waals surface area contributed by atoms with E-state index in [1.165, 1.54) is 0 Å². The van der Waals surface area contributed by atoms with E-state index in [4.69, 9.17) is 4.42 Å². The summed E-state index contributed by atoms with van der Waals surface area (Å²) in [7, 11) is 1.86. The van der Waals surface area contributed by atoms with Gasteiger partial charge in [0.05, 0.1) is 18.7 Å². The molecule has 2 rings (SSSR count). The van der Waals surface area contributed by atoms with Gasteiger partial charge in [-0.05, 0) is 52.8 Å². The van der Waals surface area contributed by atoms with Gasteiger partial charge in [-0.15, -0.1) is 0 Å². The van der Waals surface area contributed by atoms with Crippen molar-refractivity contribution in [2.24, 2.45) is 0 Å². The average Bonchev–Trinajstić information content (AvgIpc) is 3.07. The van der Waals surface area contributed by atoms with Crippen LogP contribution in [0.3, 0.4) is 0 Å². The number of nitrogens with zero attached hydrogens (tertiary/aromatic N) is 2. The van der Waals surface area contributed by atoms with Crippen molar-refractivity contribution >= 4 is 5.91 Å². The van der Waals surface area contributed by atoms with Gasteiger partial charge in [0.25, 0.3) is 0 Å². The van der Waals surface area contributed by atoms with Crippen LogP contribution in [-0.2, 0) is 11.3 Å². The Morgan fingerprint density at radius 3 is 2.57 bits per heavy atom. The van der Waals surface area contributed by atoms with E-state index in [1.807, 2.05) is 35.9 Å². The van der Waals surface area contributed by atoms with E-state index in [9.17, 15) is 9.90 Å². The van der Waals surface area contributed by atoms with E-state index in [1.54, 1.807) is 13.8 Å². The Hall–Kier alpha value is -1.33. The minimum Gasteiger partial charge on any atom is -0.464 e. The summed E-state index contributed by atoms with van der Waals surface area (Å²) in [6, 6.07) is 4.20. The minimum absolute atomic E-state index is 0.0957. The monoisotopic (exact) mass is 294 g/mol. The van der Waals surface area contributed by atoms with Crippen LogP contribution in [0.2, 0.25) is 0 Å². The van der Waals surface area contributed by atoms with Gasteiger partial charge < -0.3 is 14.4 Å². The van der Waals surface area contributed by atoms with Crippen LogP contribution in [0.4, 0.5) is 0 Å². The smallest absolute Gasteiger partial charge is 0.237 e. The molecule has 1 aromatic rings. The van der Waals surface area contributed by atoms with Crippen molar-refractivity contribution in [1.29, 1.82) is 0 Å². The Morgan fingerprint density at radius 1 is 1.43 bits per heavy atom. The van der Waals surface area contributed by atoms with Crippen LogP contribution in [0.25, 0.3) is 0 Å². The number of furan rings is 1. The van der Waals surface area contributed by atoms with E-state index < -0.39 is 5.60 Å². The molecule has 1 aliphatic carbocycles. The molecule has 0 saturated heterocycles. The van der Waals surface area contributed by atoms with Crippen molar-refractivity contribution in [3.8, 4) is 0 Å². The summed E-state index contributed by atoms with van der Waals surface area (Å²) in [6.07, 6.45) is 2.14. The third kappa shape index (κ3) is 5.17. The molecule has 5 nitrogen and oxygen atoms in total. The average molecular weight is 294 g/mol. The summed E-state index contributed by atoms with van der Waals surface area (Å²) in [5, 5.41) is 9.82. The predicted molar refractivity (Wildman–Crippen MR) is 80.8 cm³/mol. The van der Waals surface area contributed by atoms with Crippen molar-refractivity contribution < 1.29 is 14.3 Å². The maximum atomic E-state index is 12.5. The number of aryl methyl sites for hydroxylation is 1. The molecule has 0 aromatic carbocycles. The second-order valence-electron chi connectivity index (χ2n) is 6.75. The molecule has 1 N–H and O–H groups in total. The fraction of sp³-hybridized carbons (Fsp3) is 0.688. The van der Waals surface area contributed by atoms with Crippen LogP contribution >= 0.6 is 0 Å². The largest absolute Gasteiger partial charge is 0.464 e. The summed E-state index contributed by atoms with van der Waals surface area (Å²) >= 11 is 0. The quantitative estimate of drug-likeness (QED) is 0.833. The summed E-state index contributed by atoms with van der Waals surface area (Å²) in [5.74, 6) is 1.79. The molecule has 5 heteroatoms. The number of aliphatic hydroxyl groups is 1. The van der Waals surface area contributed by atoms with Crippen LogP contribution in [0.1, 0.15) is 38.2 Å². The van der Waals surface area contributed by atoms with Gasteiger partial charge in [-0.1, -0.05) is 0 Å². The Morgan fingerprint density at radius 2 is 2.10 bits per heavy atom. The van der Waals surface area contributed by atoms with Gasteiger partial charge in [0, 0.05) is 12.6 Å². The normalized spacial score (nSPS) is 15.5. The molecule has 0 spiro atoms. The van der Waals surface area contributed by atoms with Gasteiger partial charge >= 0.3 is 0 Å². The van der Waals surface area contributed by atoms with Crippen LogP contribution in [0.5, 0.6) is 0 Å². The first-order chi connectivity index (χ1) is 9.74. The van der Waals surface area contributed by atoms with Gasteiger partial charge in [0.2, 0.25) is 5.91 Å². The highest BCUT2D eigenvalue weighted by Gasteiger charge is 2.33. The highest BCUT2D eigenvalue weighted by molar-refractivity contribution is 5.78. The number of rotatable bonds is 7. The topological polar surface area (TPSA) is 56.9 Å². The molecule has 1 aromatic heterocycles. The zero-order valence-electron chi connectivity index (χ0n) is 13.4. The van der Waals surface area contributed by atoms with E-state index in [2.05, 4.69) is 0 Å². The maximum Gasteiger partial charge on any atom is 0.237 e. The lowest BCUT2D eigenvalue weighted by Crippen LogP contribution is -2.44. The Balaban J connectivity index is 1.93. The first-order valence-corrected chi connectivity index (χ1v) is 7.50. The molecular weight excluding hydrogens is 268 g/mol. The molecule has 0 atom stereocenters. The van der Waals surface area contributed by atoms with E-state index in [-0.39, 0.29) is 5.91 Å². The first-order valence-electron chi connectivity index (χ1n) is 7.50. The number of likely N-dealkylation sites (N-methyl/N-ethyl adjacent to an activating group) is 1. The van der Waals surface area contributed by atoms with Gasteiger partial charge in [0.15, 0.2) is 0 Å². The zero-order valence-corrected chi connectivity index (χ0v) is 13.4. The molecule has 0 aliphatic heterocycles. The van der Waals surface area contributed by atoms with E-state index in [0.717, 1.165) is 24.4 Å². The van der Waals surface area contributed by atoms with Crippen LogP contribution in [-0.4, -0.2) is 52.6 Å². The summed E-state index contributed by atoms with van der Waals surface area (Å²) in [4.78, 5) is 16.3. The van der Waals surface area contributed by atoms with Gasteiger partial charge in [-0.25, -0.2) is 0 Å². The van der Waals surface area contributed by atoms with Crippen molar-refractivity contribution in [1.82, 2.24) is 9.80 Å². The molecule has 1 heterocycles. The van der Waals surface area contributed by atoms with Gasteiger partial charge in [-0.2, -0.15) is 0 Å². The number of hydrogen-bond donors (Lipinski definition) is 1. The minimum atomic E-state index is -0.794. The highest BCUT2D eigenvalue weighted by atomic mass is 16.3. The lowest BCUT2D eigenvalue weighted by molar-refractivity contribution is -0.134. The fourth-order valence-electron chi connectivity index (χ4n) is 2.58. The molecule has 0 unspecified atom stereocenters. The second-order valence-corrected chi connectivity index (χ2v) is 6.75. The van der Waals surface area contributed by atoms with Crippen molar-refractivity contribution in [2.75, 3.05) is 20.1 Å². The standard InChI is InChI=1S/C16H26N2O3/c1-12-5-8-14(21-12)9-18(13-6-7-13)15(19)10-17(4)11-16(2,3)20/h5,8,13,20H,6-7,9-11H2,1-4H3. The summed E-state index contributed by atoms with van der Waals surface area (Å²) in [6.45, 7) is 6.73. The van der Waals surface area contributed by atoms with Crippen LogP contribution in [0, 0.1) is 6.92 Å². The van der Waals surface area contributed by atoms with Crippen LogP contribution < -0.4 is 0 Å². The lowest BCUT2D eigenvalue weighted by atomic mass is 10.1. The molecule has 1 aliphatic rings. The third-order valence-corrected chi connectivity index (χ3v) is 3.49. The van der Waals surface area contributed by atoms with E-state index >= 15 is 0 Å². The SMILES string of the molecule is Cc1ccc(CN(C(=O)CN(C)CC(C)(C)O)C2CC2)o1. The maximum absolute atomic E-state index is 12.5. The predicted octanol–water partition coefficient (Wildman–Crippen LogP) is 1.78. The Bertz CT molecular complexity index is 486. The molecule has 1 fully saturated rings. The second kappa shape index (κ2) is 6.20. The molecule has 0 bridgehead atoms. The third-order valence-electron chi connectivity index (χ3n) is 3.49. The zero-order chi connectivity index (χ0) is 15.6. The van der Waals surface area contributed by atoms with Gasteiger partial charge in [-0.3, -0.25) is 9.69 Å². The number of hydrogen-bond acceptors (Lipinski definition) is 4. The van der Waals surface area contributed by atoms with Crippen molar-refractivity contribution in [2.45, 2.75) is 51.8 Å². The highest BCUT2D eigenvalue weighted by Crippen LogP contribution is 2.29. The lowest BCUT2D eigenvalue weighted by Gasteiger charge is -2.28. The first kappa shape index (κ1) is 16.0. The number of carbonyl (C=O) groups excluding carboxylic acids is 1. The molecular formula is C16H26N2O3. The molecule has 1 saturated carbocycles. The van der Waals surface area contributed by atoms with Crippen molar-refractivity contribution in [3.63, 3.8) is 0 Å². The van der Waals surface area contributed by atoms with Crippen molar-refractivity contribution in [3.05, 3.63) is 23.7 Å². The summed E-state index contributed by atoms with van der Waals surface area (Å²) in [5.41, 5.74) is -0.794. The molecule has 0 radical (unpaired) electrons. The van der Waals surface area contributed by atoms with Gasteiger partial charge in [0.1, 0.15) is 11.5 Å². The molecule has 118 valence electrons. The summed E-state index contributed by atoms with van der Waals surface area (Å²) < 4.78 is 5.58. The molecule has 21 heavy (non-hydrogen) atoms. The Kier molecular flexibility index (Phi) is 4.74.